The van der Waals surface area contributed by atoms with Gasteiger partial charge in [-0.05, 0) is 71.3 Å². The van der Waals surface area contributed by atoms with Gasteiger partial charge in [0.1, 0.15) is 0 Å². The summed E-state index contributed by atoms with van der Waals surface area (Å²) in [6.07, 6.45) is 0. The Labute approximate surface area is 369 Å². The first-order valence-electron chi connectivity index (χ1n) is 21.9. The number of hydrogen-bond donors (Lipinski definition) is 0. The predicted molar refractivity (Wildman–Crippen MR) is 262 cm³/mol. The summed E-state index contributed by atoms with van der Waals surface area (Å²) >= 11 is 0. The molecule has 296 valence electrons. The van der Waals surface area contributed by atoms with Gasteiger partial charge in [-0.3, -0.25) is 0 Å². The maximum absolute atomic E-state index is 5.45. The summed E-state index contributed by atoms with van der Waals surface area (Å²) in [5, 5.41) is 5.52. The molecule has 0 radical (unpaired) electrons. The van der Waals surface area contributed by atoms with Gasteiger partial charge in [-0.15, -0.1) is 0 Å². The summed E-state index contributed by atoms with van der Waals surface area (Å²) in [5.41, 5.74) is 15.7. The van der Waals surface area contributed by atoms with Crippen LogP contribution in [0.1, 0.15) is 45.2 Å². The lowest BCUT2D eigenvalue weighted by molar-refractivity contribution is 0.759. The maximum Gasteiger partial charge on any atom is 0.179 e. The van der Waals surface area contributed by atoms with Gasteiger partial charge in [-0.2, -0.15) is 0 Å². The van der Waals surface area contributed by atoms with E-state index >= 15 is 0 Å². The van der Waals surface area contributed by atoms with Gasteiger partial charge < -0.3 is 0 Å². The fourth-order valence-corrected chi connectivity index (χ4v) is 15.9. The molecule has 0 spiro atoms. The van der Waals surface area contributed by atoms with Crippen LogP contribution in [0.5, 0.6) is 0 Å². The number of nitrogens with zero attached hydrogens (tertiary/aromatic N) is 2. The van der Waals surface area contributed by atoms with E-state index in [4.69, 9.17) is 9.97 Å². The largest absolute Gasteiger partial charge is 0.228 e. The minimum absolute atomic E-state index is 0.0515. The molecule has 9 aromatic carbocycles. The zero-order chi connectivity index (χ0) is 41.7. The number of aromatic nitrogens is 2. The van der Waals surface area contributed by atoms with E-state index < -0.39 is 8.07 Å². The van der Waals surface area contributed by atoms with E-state index in [0.717, 1.165) is 33.9 Å². The summed E-state index contributed by atoms with van der Waals surface area (Å²) in [6.45, 7) is 0. The van der Waals surface area contributed by atoms with Crippen LogP contribution in [-0.2, 0) is 0 Å². The van der Waals surface area contributed by atoms with Crippen molar-refractivity contribution in [1.29, 1.82) is 0 Å². The van der Waals surface area contributed by atoms with Crippen LogP contribution in [0.4, 0.5) is 0 Å². The number of rotatable bonds is 8. The molecule has 1 aromatic heterocycles. The molecule has 0 amide bonds. The minimum Gasteiger partial charge on any atom is -0.228 e. The van der Waals surface area contributed by atoms with Crippen molar-refractivity contribution in [2.45, 2.75) is 11.8 Å². The van der Waals surface area contributed by atoms with Gasteiger partial charge in [0.15, 0.2) is 13.9 Å². The Balaban J connectivity index is 1.16. The highest BCUT2D eigenvalue weighted by atomic mass is 28.3. The Bertz CT molecular complexity index is 3180. The van der Waals surface area contributed by atoms with Crippen LogP contribution in [0, 0.1) is 0 Å². The van der Waals surface area contributed by atoms with E-state index in [1.54, 1.807) is 0 Å². The number of hydrogen-bond acceptors (Lipinski definition) is 2. The van der Waals surface area contributed by atoms with Crippen molar-refractivity contribution in [3.63, 3.8) is 0 Å². The first-order chi connectivity index (χ1) is 31.3. The van der Waals surface area contributed by atoms with Crippen LogP contribution in [0.15, 0.2) is 243 Å². The lowest BCUT2D eigenvalue weighted by Gasteiger charge is -2.46. The van der Waals surface area contributed by atoms with Crippen LogP contribution in [-0.4, -0.2) is 18.0 Å². The summed E-state index contributed by atoms with van der Waals surface area (Å²) in [4.78, 5) is 10.9. The monoisotopic (exact) mass is 818 g/mol. The Kier molecular flexibility index (Phi) is 9.02. The molecule has 0 fully saturated rings. The van der Waals surface area contributed by atoms with Gasteiger partial charge >= 0.3 is 0 Å². The van der Waals surface area contributed by atoms with Crippen LogP contribution < -0.4 is 20.7 Å². The second-order valence-corrected chi connectivity index (χ2v) is 20.5. The molecule has 13 rings (SSSR count). The third-order valence-electron chi connectivity index (χ3n) is 13.4. The molecular weight excluding hydrogens is 777 g/mol. The highest BCUT2D eigenvalue weighted by Crippen LogP contribution is 2.57. The van der Waals surface area contributed by atoms with Gasteiger partial charge in [0.25, 0.3) is 0 Å². The molecule has 2 nitrogen and oxygen atoms in total. The molecular formula is C60H42N2Si. The molecule has 2 unspecified atom stereocenters. The van der Waals surface area contributed by atoms with E-state index in [2.05, 4.69) is 243 Å². The second kappa shape index (κ2) is 15.3. The summed E-state index contributed by atoms with van der Waals surface area (Å²) in [7, 11) is -3.06. The normalized spacial score (nSPS) is 14.7. The smallest absolute Gasteiger partial charge is 0.179 e. The Morgan fingerprint density at radius 1 is 0.302 bits per heavy atom. The van der Waals surface area contributed by atoms with Gasteiger partial charge in [0, 0.05) is 28.5 Å². The zero-order valence-corrected chi connectivity index (χ0v) is 35.6. The van der Waals surface area contributed by atoms with Crippen LogP contribution in [0.2, 0.25) is 0 Å². The van der Waals surface area contributed by atoms with Gasteiger partial charge in [-0.25, -0.2) is 9.97 Å². The summed E-state index contributed by atoms with van der Waals surface area (Å²) < 4.78 is 0. The van der Waals surface area contributed by atoms with Crippen molar-refractivity contribution in [2.24, 2.45) is 0 Å². The first-order valence-corrected chi connectivity index (χ1v) is 23.9. The molecule has 63 heavy (non-hydrogen) atoms. The molecule has 0 saturated heterocycles. The summed E-state index contributed by atoms with van der Waals surface area (Å²) in [6, 6.07) is 89.5. The fraction of sp³-hybridized carbons (Fsp3) is 0.0333. The van der Waals surface area contributed by atoms with Crippen molar-refractivity contribution in [3.05, 3.63) is 276 Å². The highest BCUT2D eigenvalue weighted by Gasteiger charge is 2.50. The van der Waals surface area contributed by atoms with E-state index in [1.807, 2.05) is 0 Å². The fourth-order valence-electron chi connectivity index (χ4n) is 10.8. The quantitative estimate of drug-likeness (QED) is 0.113. The van der Waals surface area contributed by atoms with E-state index in [0.29, 0.717) is 0 Å². The molecule has 0 saturated carbocycles. The standard InChI is InChI=1S/C60H42N2Si/c1-6-21-41(22-7-1)44-27-18-32-47(39-44)63(45-28-12-4-13-29-45,46-30-14-5-15-31-46)55-38-20-36-51-56-48-33-16-17-34-49(48)59(58(51)55)57-50(56)35-19-37-52(57)60-61-53(42-23-8-2-9-24-42)40-54(62-60)43-25-10-3-11-26-43/h1-40,56,59H. The third kappa shape index (κ3) is 6.00. The summed E-state index contributed by atoms with van der Waals surface area (Å²) in [5.74, 6) is 0.751. The molecule has 1 heterocycles. The average Bonchev–Trinajstić information content (AvgIpc) is 3.37. The lowest BCUT2D eigenvalue weighted by atomic mass is 9.60. The Morgan fingerprint density at radius 3 is 1.32 bits per heavy atom. The minimum atomic E-state index is -3.06. The third-order valence-corrected chi connectivity index (χ3v) is 18.2. The lowest BCUT2D eigenvalue weighted by Crippen LogP contribution is -2.75. The zero-order valence-electron chi connectivity index (χ0n) is 34.6. The van der Waals surface area contributed by atoms with Crippen molar-refractivity contribution in [1.82, 2.24) is 9.97 Å². The molecule has 3 aliphatic carbocycles. The molecule has 0 N–H and O–H groups in total. The molecule has 2 bridgehead atoms. The van der Waals surface area contributed by atoms with Crippen molar-refractivity contribution < 1.29 is 0 Å². The van der Waals surface area contributed by atoms with Crippen LogP contribution in [0.3, 0.4) is 0 Å². The highest BCUT2D eigenvalue weighted by molar-refractivity contribution is 7.20. The van der Waals surface area contributed by atoms with Crippen LogP contribution in [0.25, 0.3) is 45.0 Å². The molecule has 2 atom stereocenters. The Hall–Kier alpha value is -7.72. The SMILES string of the molecule is c1ccc(-c2cccc([Si](c3ccccc3)(c3ccccc3)c3cccc4c3C3c5ccccc5C4c4cccc(-c5nc(-c6ccccc6)cc(-c6ccccc6)n5)c43)c2)cc1. The van der Waals surface area contributed by atoms with Gasteiger partial charge in [0.05, 0.1) is 11.4 Å². The molecule has 3 aliphatic rings. The average molecular weight is 819 g/mol. The Morgan fingerprint density at radius 2 is 0.730 bits per heavy atom. The number of benzene rings is 9. The first kappa shape index (κ1) is 37.1. The van der Waals surface area contributed by atoms with E-state index in [-0.39, 0.29) is 11.8 Å². The second-order valence-electron chi connectivity index (χ2n) is 16.7. The van der Waals surface area contributed by atoms with Crippen LogP contribution >= 0.6 is 0 Å². The van der Waals surface area contributed by atoms with E-state index in [1.165, 1.54) is 65.3 Å². The van der Waals surface area contributed by atoms with Gasteiger partial charge in [-0.1, -0.05) is 237 Å². The van der Waals surface area contributed by atoms with Crippen molar-refractivity contribution >= 4 is 28.8 Å². The molecule has 3 heteroatoms. The van der Waals surface area contributed by atoms with Crippen molar-refractivity contribution in [3.8, 4) is 45.0 Å². The predicted octanol–water partition coefficient (Wildman–Crippen LogP) is 11.5. The topological polar surface area (TPSA) is 25.8 Å². The molecule has 10 aromatic rings. The van der Waals surface area contributed by atoms with Gasteiger partial charge in [0.2, 0.25) is 0 Å². The van der Waals surface area contributed by atoms with Crippen molar-refractivity contribution in [2.75, 3.05) is 0 Å². The van der Waals surface area contributed by atoms with E-state index in [9.17, 15) is 0 Å². The maximum atomic E-state index is 5.45. The molecule has 0 aliphatic heterocycles.